The Kier molecular flexibility index (Phi) is 6.69. The number of hydrogen-bond acceptors (Lipinski definition) is 5. The van der Waals surface area contributed by atoms with Crippen LogP contribution in [0.5, 0.6) is 0 Å². The molecule has 0 radical (unpaired) electrons. The molecule has 0 spiro atoms. The molecule has 0 aromatic heterocycles. The zero-order chi connectivity index (χ0) is 18.4. The van der Waals surface area contributed by atoms with Gasteiger partial charge in [0, 0.05) is 27.8 Å². The van der Waals surface area contributed by atoms with E-state index in [1.807, 2.05) is 0 Å². The average Bonchev–Trinajstić information content (AvgIpc) is 2.59. The minimum Gasteiger partial charge on any atom is -0.481 e. The zero-order valence-corrected chi connectivity index (χ0v) is 14.9. The molecular weight excluding hydrogens is 390 g/mol. The number of nitrogens with one attached hydrogen (secondary N) is 1. The molecule has 0 aliphatic rings. The van der Waals surface area contributed by atoms with Crippen LogP contribution in [0.3, 0.4) is 0 Å². The largest absolute Gasteiger partial charge is 0.481 e. The fourth-order valence-corrected chi connectivity index (χ4v) is 2.61. The van der Waals surface area contributed by atoms with Crippen molar-refractivity contribution in [1.29, 1.82) is 0 Å². The van der Waals surface area contributed by atoms with Crippen LogP contribution in [-0.4, -0.2) is 46.3 Å². The third kappa shape index (κ3) is 5.12. The van der Waals surface area contributed by atoms with Gasteiger partial charge >= 0.3 is 5.97 Å². The summed E-state index contributed by atoms with van der Waals surface area (Å²) < 4.78 is 0.841. The topological polar surface area (TPSA) is 107 Å². The Morgan fingerprint density at radius 1 is 1.12 bits per heavy atom. The lowest BCUT2D eigenvalue weighted by atomic mass is 9.97. The Bertz CT molecular complexity index is 761. The molecule has 2 aromatic carbocycles. The highest BCUT2D eigenvalue weighted by Crippen LogP contribution is 2.25. The molecule has 0 saturated carbocycles. The van der Waals surface area contributed by atoms with Gasteiger partial charge in [0.25, 0.3) is 0 Å². The maximum atomic E-state index is 12.8. The van der Waals surface area contributed by atoms with Gasteiger partial charge in [0.2, 0.25) is 0 Å². The van der Waals surface area contributed by atoms with Gasteiger partial charge in [-0.3, -0.25) is 9.59 Å². The number of aliphatic hydroxyl groups excluding tert-OH is 2. The number of carboxylic acid groups (broad SMARTS) is 1. The smallest absolute Gasteiger partial charge is 0.307 e. The number of halogens is 1. The first kappa shape index (κ1) is 19.1. The van der Waals surface area contributed by atoms with Crippen LogP contribution in [0.25, 0.3) is 0 Å². The molecule has 0 aliphatic heterocycles. The lowest BCUT2D eigenvalue weighted by Crippen LogP contribution is -2.24. The molecule has 0 amide bonds. The van der Waals surface area contributed by atoms with Crippen molar-refractivity contribution in [2.45, 2.75) is 12.5 Å². The SMILES string of the molecule is O=C(O)Cc1cccc(C(=O)c2ccc(Br)cc2)c1NCC(O)CO. The second-order valence-corrected chi connectivity index (χ2v) is 6.38. The molecule has 0 saturated heterocycles. The summed E-state index contributed by atoms with van der Waals surface area (Å²) in [4.78, 5) is 23.9. The summed E-state index contributed by atoms with van der Waals surface area (Å²) in [5.74, 6) is -1.29. The maximum absolute atomic E-state index is 12.8. The van der Waals surface area contributed by atoms with Crippen molar-refractivity contribution < 1.29 is 24.9 Å². The maximum Gasteiger partial charge on any atom is 0.307 e. The van der Waals surface area contributed by atoms with Crippen LogP contribution in [0.4, 0.5) is 5.69 Å². The Hall–Kier alpha value is -2.22. The van der Waals surface area contributed by atoms with Gasteiger partial charge in [-0.05, 0) is 35.9 Å². The van der Waals surface area contributed by atoms with Crippen LogP contribution in [0.1, 0.15) is 21.5 Å². The standard InChI is InChI=1S/C18H18BrNO5/c19-13-6-4-11(5-7-13)18(25)15-3-1-2-12(8-16(23)24)17(15)20-9-14(22)10-21/h1-7,14,20-22H,8-10H2,(H,23,24). The van der Waals surface area contributed by atoms with Gasteiger partial charge in [-0.15, -0.1) is 0 Å². The van der Waals surface area contributed by atoms with Crippen molar-refractivity contribution >= 4 is 33.4 Å². The van der Waals surface area contributed by atoms with Crippen molar-refractivity contribution in [2.24, 2.45) is 0 Å². The van der Waals surface area contributed by atoms with E-state index < -0.39 is 18.7 Å². The summed E-state index contributed by atoms with van der Waals surface area (Å²) in [6.07, 6.45) is -1.28. The molecule has 0 heterocycles. The van der Waals surface area contributed by atoms with Gasteiger partial charge < -0.3 is 20.6 Å². The zero-order valence-electron chi connectivity index (χ0n) is 13.3. The van der Waals surface area contributed by atoms with Crippen LogP contribution in [0, 0.1) is 0 Å². The minimum atomic E-state index is -1.03. The highest BCUT2D eigenvalue weighted by molar-refractivity contribution is 9.10. The number of carbonyl (C=O) groups is 2. The van der Waals surface area contributed by atoms with Crippen molar-refractivity contribution in [2.75, 3.05) is 18.5 Å². The van der Waals surface area contributed by atoms with Crippen LogP contribution >= 0.6 is 15.9 Å². The fraction of sp³-hybridized carbons (Fsp3) is 0.222. The molecular formula is C18H18BrNO5. The third-order valence-corrected chi connectivity index (χ3v) is 4.10. The highest BCUT2D eigenvalue weighted by atomic mass is 79.9. The third-order valence-electron chi connectivity index (χ3n) is 3.57. The van der Waals surface area contributed by atoms with Gasteiger partial charge in [-0.1, -0.05) is 28.1 Å². The van der Waals surface area contributed by atoms with E-state index >= 15 is 0 Å². The molecule has 0 bridgehead atoms. The second-order valence-electron chi connectivity index (χ2n) is 5.46. The first-order valence-electron chi connectivity index (χ1n) is 7.59. The number of benzene rings is 2. The van der Waals surface area contributed by atoms with Crippen molar-refractivity contribution in [3.63, 3.8) is 0 Å². The van der Waals surface area contributed by atoms with E-state index in [2.05, 4.69) is 21.2 Å². The molecule has 2 aromatic rings. The Morgan fingerprint density at radius 3 is 2.40 bits per heavy atom. The van der Waals surface area contributed by atoms with E-state index in [-0.39, 0.29) is 18.7 Å². The summed E-state index contributed by atoms with van der Waals surface area (Å²) in [5, 5.41) is 30.5. The molecule has 4 N–H and O–H groups in total. The van der Waals surface area contributed by atoms with Crippen LogP contribution in [-0.2, 0) is 11.2 Å². The number of carbonyl (C=O) groups excluding carboxylic acids is 1. The first-order chi connectivity index (χ1) is 11.9. The minimum absolute atomic E-state index is 0.00620. The Labute approximate surface area is 153 Å². The number of ketones is 1. The molecule has 0 fully saturated rings. The van der Waals surface area contributed by atoms with E-state index in [1.165, 1.54) is 0 Å². The molecule has 25 heavy (non-hydrogen) atoms. The number of aliphatic hydroxyl groups is 2. The second kappa shape index (κ2) is 8.75. The Balaban J connectivity index is 2.42. The van der Waals surface area contributed by atoms with Crippen molar-refractivity contribution in [3.05, 3.63) is 63.6 Å². The van der Waals surface area contributed by atoms with Crippen LogP contribution in [0.2, 0.25) is 0 Å². The predicted molar refractivity (Wildman–Crippen MR) is 96.9 cm³/mol. The van der Waals surface area contributed by atoms with Crippen LogP contribution < -0.4 is 5.32 Å². The monoisotopic (exact) mass is 407 g/mol. The predicted octanol–water partition coefficient (Wildman–Crippen LogP) is 2.07. The summed E-state index contributed by atoms with van der Waals surface area (Å²) >= 11 is 3.31. The van der Waals surface area contributed by atoms with Crippen molar-refractivity contribution in [3.8, 4) is 0 Å². The quantitative estimate of drug-likeness (QED) is 0.499. The molecule has 6 nitrogen and oxygen atoms in total. The van der Waals surface area contributed by atoms with E-state index in [0.29, 0.717) is 22.4 Å². The molecule has 1 unspecified atom stereocenters. The number of rotatable bonds is 8. The first-order valence-corrected chi connectivity index (χ1v) is 8.38. The summed E-state index contributed by atoms with van der Waals surface area (Å²) in [7, 11) is 0. The van der Waals surface area contributed by atoms with E-state index in [9.17, 15) is 14.7 Å². The molecule has 132 valence electrons. The van der Waals surface area contributed by atoms with Gasteiger partial charge in [-0.2, -0.15) is 0 Å². The number of aliphatic carboxylic acids is 1. The summed E-state index contributed by atoms with van der Waals surface area (Å²) in [5.41, 5.74) is 1.55. The lowest BCUT2D eigenvalue weighted by molar-refractivity contribution is -0.136. The molecule has 2 rings (SSSR count). The van der Waals surface area contributed by atoms with Gasteiger partial charge in [0.15, 0.2) is 5.78 Å². The molecule has 7 heteroatoms. The van der Waals surface area contributed by atoms with Gasteiger partial charge in [0.05, 0.1) is 19.1 Å². The summed E-state index contributed by atoms with van der Waals surface area (Å²) in [6, 6.07) is 11.7. The number of para-hydroxylation sites is 1. The molecule has 1 atom stereocenters. The number of anilines is 1. The average molecular weight is 408 g/mol. The van der Waals surface area contributed by atoms with E-state index in [1.54, 1.807) is 42.5 Å². The van der Waals surface area contributed by atoms with E-state index in [0.717, 1.165) is 4.47 Å². The Morgan fingerprint density at radius 2 is 1.80 bits per heavy atom. The van der Waals surface area contributed by atoms with Gasteiger partial charge in [0.1, 0.15) is 0 Å². The number of carboxylic acids is 1. The van der Waals surface area contributed by atoms with Gasteiger partial charge in [-0.25, -0.2) is 0 Å². The fourth-order valence-electron chi connectivity index (χ4n) is 2.35. The van der Waals surface area contributed by atoms with Crippen LogP contribution in [0.15, 0.2) is 46.9 Å². The number of hydrogen-bond donors (Lipinski definition) is 4. The lowest BCUT2D eigenvalue weighted by Gasteiger charge is -2.17. The summed E-state index contributed by atoms with van der Waals surface area (Å²) in [6.45, 7) is -0.447. The highest BCUT2D eigenvalue weighted by Gasteiger charge is 2.18. The normalized spacial score (nSPS) is 11.8. The molecule has 0 aliphatic carbocycles. The van der Waals surface area contributed by atoms with Crippen molar-refractivity contribution in [1.82, 2.24) is 0 Å². The van der Waals surface area contributed by atoms with E-state index in [4.69, 9.17) is 10.2 Å².